The molecule has 0 fully saturated rings. The molecule has 0 bridgehead atoms. The first-order valence-corrected chi connectivity index (χ1v) is 7.08. The van der Waals surface area contributed by atoms with Crippen LogP contribution in [0.4, 0.5) is 0 Å². The summed E-state index contributed by atoms with van der Waals surface area (Å²) in [6.45, 7) is 7.38. The van der Waals surface area contributed by atoms with Gasteiger partial charge in [0, 0.05) is 19.0 Å². The minimum Gasteiger partial charge on any atom is -0.497 e. The molecule has 0 aliphatic carbocycles. The van der Waals surface area contributed by atoms with Crippen LogP contribution in [0.15, 0.2) is 29.3 Å². The molecule has 19 heavy (non-hydrogen) atoms. The number of amidine groups is 1. The Morgan fingerprint density at radius 3 is 2.47 bits per heavy atom. The quantitative estimate of drug-likeness (QED) is 0.464. The van der Waals surface area contributed by atoms with Gasteiger partial charge in [0.25, 0.3) is 0 Å². The monoisotopic (exact) mass is 262 g/mol. The van der Waals surface area contributed by atoms with Gasteiger partial charge in [-0.2, -0.15) is 0 Å². The summed E-state index contributed by atoms with van der Waals surface area (Å²) < 4.78 is 5.17. The number of rotatable bonds is 7. The van der Waals surface area contributed by atoms with Crippen LogP contribution in [0.25, 0.3) is 0 Å². The maximum Gasteiger partial charge on any atom is 0.118 e. The Balaban J connectivity index is 2.66. The highest BCUT2D eigenvalue weighted by molar-refractivity contribution is 5.84. The summed E-state index contributed by atoms with van der Waals surface area (Å²) in [7, 11) is 1.69. The molecule has 0 saturated carbocycles. The third-order valence-electron chi connectivity index (χ3n) is 2.80. The second kappa shape index (κ2) is 8.57. The third-order valence-corrected chi connectivity index (χ3v) is 2.80. The van der Waals surface area contributed by atoms with Crippen LogP contribution in [0.1, 0.15) is 39.2 Å². The summed E-state index contributed by atoms with van der Waals surface area (Å²) in [5.41, 5.74) is 1.25. The lowest BCUT2D eigenvalue weighted by Crippen LogP contribution is -2.32. The van der Waals surface area contributed by atoms with E-state index >= 15 is 0 Å². The van der Waals surface area contributed by atoms with Crippen molar-refractivity contribution in [2.75, 3.05) is 13.7 Å². The molecule has 0 aromatic heterocycles. The fourth-order valence-electron chi connectivity index (χ4n) is 1.79. The maximum absolute atomic E-state index is 5.17. The van der Waals surface area contributed by atoms with E-state index in [1.807, 2.05) is 12.1 Å². The Morgan fingerprint density at radius 1 is 1.26 bits per heavy atom. The van der Waals surface area contributed by atoms with E-state index in [4.69, 9.17) is 4.74 Å². The second-order valence-electron chi connectivity index (χ2n) is 5.01. The summed E-state index contributed by atoms with van der Waals surface area (Å²) >= 11 is 0. The van der Waals surface area contributed by atoms with Crippen molar-refractivity contribution in [3.8, 4) is 5.75 Å². The van der Waals surface area contributed by atoms with E-state index in [0.717, 1.165) is 31.0 Å². The first kappa shape index (κ1) is 15.5. The van der Waals surface area contributed by atoms with Gasteiger partial charge in [-0.25, -0.2) is 0 Å². The minimum absolute atomic E-state index is 0.415. The average Bonchev–Trinajstić information content (AvgIpc) is 2.39. The molecule has 1 aromatic carbocycles. The van der Waals surface area contributed by atoms with Gasteiger partial charge in [0.05, 0.1) is 7.11 Å². The molecule has 0 aliphatic rings. The average molecular weight is 262 g/mol. The predicted octanol–water partition coefficient (Wildman–Crippen LogP) is 3.43. The van der Waals surface area contributed by atoms with Crippen LogP contribution in [0.3, 0.4) is 0 Å². The number of benzene rings is 1. The van der Waals surface area contributed by atoms with Crippen LogP contribution in [0.2, 0.25) is 0 Å². The van der Waals surface area contributed by atoms with E-state index < -0.39 is 0 Å². The van der Waals surface area contributed by atoms with Gasteiger partial charge in [-0.05, 0) is 38.0 Å². The summed E-state index contributed by atoms with van der Waals surface area (Å²) in [6, 6.07) is 8.59. The Kier molecular flexibility index (Phi) is 7.01. The predicted molar refractivity (Wildman–Crippen MR) is 82.2 cm³/mol. The van der Waals surface area contributed by atoms with E-state index in [1.165, 1.54) is 12.0 Å². The molecule has 0 amide bonds. The van der Waals surface area contributed by atoms with Crippen molar-refractivity contribution in [1.82, 2.24) is 5.32 Å². The van der Waals surface area contributed by atoms with Crippen molar-refractivity contribution in [3.63, 3.8) is 0 Å². The van der Waals surface area contributed by atoms with Crippen molar-refractivity contribution < 1.29 is 4.74 Å². The minimum atomic E-state index is 0.415. The Bertz CT molecular complexity index is 382. The van der Waals surface area contributed by atoms with Crippen molar-refractivity contribution >= 4 is 5.84 Å². The van der Waals surface area contributed by atoms with Crippen LogP contribution < -0.4 is 10.1 Å². The molecular formula is C16H26N2O. The molecule has 106 valence electrons. The first-order valence-electron chi connectivity index (χ1n) is 7.08. The molecule has 1 aromatic rings. The number of hydrogen-bond donors (Lipinski definition) is 1. The highest BCUT2D eigenvalue weighted by Crippen LogP contribution is 2.12. The highest BCUT2D eigenvalue weighted by Gasteiger charge is 2.03. The summed E-state index contributed by atoms with van der Waals surface area (Å²) in [4.78, 5) is 4.67. The number of unbranched alkanes of at least 4 members (excludes halogenated alkanes) is 1. The van der Waals surface area contributed by atoms with Crippen LogP contribution >= 0.6 is 0 Å². The van der Waals surface area contributed by atoms with Crippen molar-refractivity contribution in [1.29, 1.82) is 0 Å². The zero-order valence-corrected chi connectivity index (χ0v) is 12.6. The molecule has 0 heterocycles. The zero-order valence-electron chi connectivity index (χ0n) is 12.6. The molecule has 1 rings (SSSR count). The number of aliphatic imine (C=N–C) groups is 1. The Morgan fingerprint density at radius 2 is 1.95 bits per heavy atom. The van der Waals surface area contributed by atoms with E-state index in [2.05, 4.69) is 43.2 Å². The lowest BCUT2D eigenvalue weighted by atomic mass is 10.1. The number of ether oxygens (including phenoxy) is 1. The van der Waals surface area contributed by atoms with Crippen LogP contribution in [-0.2, 0) is 6.42 Å². The maximum atomic E-state index is 5.17. The van der Waals surface area contributed by atoms with Gasteiger partial charge in [0.2, 0.25) is 0 Å². The molecule has 1 N–H and O–H groups in total. The highest BCUT2D eigenvalue weighted by atomic mass is 16.5. The number of nitrogens with one attached hydrogen (secondary N) is 1. The van der Waals surface area contributed by atoms with Gasteiger partial charge in [-0.15, -0.1) is 0 Å². The molecule has 0 spiro atoms. The topological polar surface area (TPSA) is 33.6 Å². The van der Waals surface area contributed by atoms with E-state index in [-0.39, 0.29) is 0 Å². The molecule has 3 heteroatoms. The number of hydrogen-bond acceptors (Lipinski definition) is 2. The molecule has 0 radical (unpaired) electrons. The molecular weight excluding hydrogens is 236 g/mol. The molecule has 3 nitrogen and oxygen atoms in total. The molecule has 0 atom stereocenters. The summed E-state index contributed by atoms with van der Waals surface area (Å²) in [5.74, 6) is 1.97. The fraction of sp³-hybridized carbons (Fsp3) is 0.562. The van der Waals surface area contributed by atoms with Crippen LogP contribution in [0.5, 0.6) is 5.75 Å². The summed E-state index contributed by atoms with van der Waals surface area (Å²) in [5, 5.41) is 3.43. The van der Waals surface area contributed by atoms with Gasteiger partial charge in [-0.1, -0.05) is 25.5 Å². The van der Waals surface area contributed by atoms with Crippen LogP contribution in [-0.4, -0.2) is 25.5 Å². The first-order chi connectivity index (χ1) is 9.15. The van der Waals surface area contributed by atoms with Gasteiger partial charge in [-0.3, -0.25) is 4.99 Å². The summed E-state index contributed by atoms with van der Waals surface area (Å²) in [6.07, 6.45) is 3.18. The number of nitrogens with zero attached hydrogens (tertiary/aromatic N) is 1. The SMILES string of the molecule is CCCCN=C(Cc1ccc(OC)cc1)NC(C)C. The van der Waals surface area contributed by atoms with Crippen molar-refractivity contribution in [3.05, 3.63) is 29.8 Å². The normalized spacial score (nSPS) is 11.7. The largest absolute Gasteiger partial charge is 0.497 e. The molecule has 0 unspecified atom stereocenters. The lowest BCUT2D eigenvalue weighted by molar-refractivity contribution is 0.414. The second-order valence-corrected chi connectivity index (χ2v) is 5.01. The lowest BCUT2D eigenvalue weighted by Gasteiger charge is -2.13. The van der Waals surface area contributed by atoms with Gasteiger partial charge < -0.3 is 10.1 Å². The van der Waals surface area contributed by atoms with Gasteiger partial charge >= 0.3 is 0 Å². The number of methoxy groups -OCH3 is 1. The Hall–Kier alpha value is -1.51. The van der Waals surface area contributed by atoms with Gasteiger partial charge in [0.15, 0.2) is 0 Å². The molecule has 0 aliphatic heterocycles. The van der Waals surface area contributed by atoms with Gasteiger partial charge in [0.1, 0.15) is 11.6 Å². The fourth-order valence-corrected chi connectivity index (χ4v) is 1.79. The zero-order chi connectivity index (χ0) is 14.1. The Labute approximate surface area is 117 Å². The van der Waals surface area contributed by atoms with E-state index in [0.29, 0.717) is 6.04 Å². The van der Waals surface area contributed by atoms with Crippen LogP contribution in [0, 0.1) is 0 Å². The van der Waals surface area contributed by atoms with Crippen molar-refractivity contribution in [2.45, 2.75) is 46.1 Å². The standard InChI is InChI=1S/C16H26N2O/c1-5-6-11-17-16(18-13(2)3)12-14-7-9-15(19-4)10-8-14/h7-10,13H,5-6,11-12H2,1-4H3,(H,17,18). The van der Waals surface area contributed by atoms with E-state index in [1.54, 1.807) is 7.11 Å². The third kappa shape index (κ3) is 6.27. The molecule has 0 saturated heterocycles. The van der Waals surface area contributed by atoms with Crippen molar-refractivity contribution in [2.24, 2.45) is 4.99 Å². The van der Waals surface area contributed by atoms with E-state index in [9.17, 15) is 0 Å². The smallest absolute Gasteiger partial charge is 0.118 e.